The van der Waals surface area contributed by atoms with Crippen LogP contribution in [-0.2, 0) is 0 Å². The number of benzene rings is 2. The molecule has 21 heavy (non-hydrogen) atoms. The molecular formula is C17H20N2O2. The summed E-state index contributed by atoms with van der Waals surface area (Å²) in [5.41, 5.74) is 13.2. The van der Waals surface area contributed by atoms with E-state index >= 15 is 0 Å². The van der Waals surface area contributed by atoms with Gasteiger partial charge in [0.2, 0.25) is 5.91 Å². The molecule has 0 saturated carbocycles. The Morgan fingerprint density at radius 2 is 1.90 bits per heavy atom. The van der Waals surface area contributed by atoms with E-state index in [1.54, 1.807) is 18.2 Å². The summed E-state index contributed by atoms with van der Waals surface area (Å²) in [5.74, 6) is 1.07. The predicted molar refractivity (Wildman–Crippen MR) is 84.6 cm³/mol. The van der Waals surface area contributed by atoms with Gasteiger partial charge in [-0.25, -0.2) is 0 Å². The van der Waals surface area contributed by atoms with Gasteiger partial charge in [0, 0.05) is 5.56 Å². The molecule has 1 amide bonds. The maximum absolute atomic E-state index is 11.3. The van der Waals surface area contributed by atoms with Crippen LogP contribution in [0.15, 0.2) is 42.5 Å². The molecule has 4 N–H and O–H groups in total. The van der Waals surface area contributed by atoms with Crippen molar-refractivity contribution in [1.82, 2.24) is 0 Å². The normalized spacial score (nSPS) is 11.9. The minimum absolute atomic E-state index is 0.375. The highest BCUT2D eigenvalue weighted by molar-refractivity contribution is 5.93. The molecule has 0 fully saturated rings. The lowest BCUT2D eigenvalue weighted by molar-refractivity contribution is 0.1000. The number of para-hydroxylation sites is 1. The van der Waals surface area contributed by atoms with Gasteiger partial charge in [-0.05, 0) is 42.2 Å². The summed E-state index contributed by atoms with van der Waals surface area (Å²) >= 11 is 0. The zero-order valence-corrected chi connectivity index (χ0v) is 12.3. The lowest BCUT2D eigenvalue weighted by atomic mass is 9.98. The first-order valence-electron chi connectivity index (χ1n) is 6.99. The van der Waals surface area contributed by atoms with E-state index in [4.69, 9.17) is 16.2 Å². The maximum Gasteiger partial charge on any atom is 0.248 e. The Bertz CT molecular complexity index is 653. The van der Waals surface area contributed by atoms with Crippen LogP contribution < -0.4 is 16.2 Å². The zero-order chi connectivity index (χ0) is 15.4. The van der Waals surface area contributed by atoms with E-state index in [0.717, 1.165) is 17.7 Å². The van der Waals surface area contributed by atoms with Crippen molar-refractivity contribution < 1.29 is 9.53 Å². The minimum Gasteiger partial charge on any atom is -0.455 e. The number of carbonyl (C=O) groups is 1. The summed E-state index contributed by atoms with van der Waals surface area (Å²) < 4.78 is 5.92. The van der Waals surface area contributed by atoms with Gasteiger partial charge < -0.3 is 16.2 Å². The summed E-state index contributed by atoms with van der Waals surface area (Å²) in [5, 5.41) is 0. The number of anilines is 1. The first kappa shape index (κ1) is 14.9. The fraction of sp³-hybridized carbons (Fsp3) is 0.235. The second-order valence-corrected chi connectivity index (χ2v) is 5.07. The Morgan fingerprint density at radius 3 is 2.57 bits per heavy atom. The highest BCUT2D eigenvalue weighted by Crippen LogP contribution is 2.34. The summed E-state index contributed by atoms with van der Waals surface area (Å²) in [6.07, 6.45) is 1.01. The van der Waals surface area contributed by atoms with Gasteiger partial charge in [-0.2, -0.15) is 0 Å². The number of rotatable bonds is 5. The minimum atomic E-state index is -0.505. The van der Waals surface area contributed by atoms with Crippen molar-refractivity contribution in [3.05, 3.63) is 53.6 Å². The molecule has 0 aliphatic carbocycles. The molecule has 0 aromatic heterocycles. The topological polar surface area (TPSA) is 78.3 Å². The molecule has 0 spiro atoms. The van der Waals surface area contributed by atoms with Crippen molar-refractivity contribution in [3.8, 4) is 11.5 Å². The molecule has 0 aliphatic heterocycles. The maximum atomic E-state index is 11.3. The van der Waals surface area contributed by atoms with Crippen molar-refractivity contribution in [3.63, 3.8) is 0 Å². The van der Waals surface area contributed by atoms with Crippen molar-refractivity contribution in [2.75, 3.05) is 5.73 Å². The standard InChI is InChI=1S/C17H20N2O2/c1-3-11(2)13-6-4-5-7-15(13)21-16-10-12(17(19)20)8-9-14(16)18/h4-11H,3,18H2,1-2H3,(H2,19,20). The Kier molecular flexibility index (Phi) is 4.48. The van der Waals surface area contributed by atoms with Gasteiger partial charge in [-0.15, -0.1) is 0 Å². The quantitative estimate of drug-likeness (QED) is 0.822. The number of primary amides is 1. The van der Waals surface area contributed by atoms with Crippen molar-refractivity contribution in [2.45, 2.75) is 26.2 Å². The fourth-order valence-corrected chi connectivity index (χ4v) is 2.09. The van der Waals surface area contributed by atoms with Crippen LogP contribution in [0.4, 0.5) is 5.69 Å². The Labute approximate surface area is 124 Å². The van der Waals surface area contributed by atoms with Gasteiger partial charge in [0.1, 0.15) is 5.75 Å². The molecule has 0 heterocycles. The van der Waals surface area contributed by atoms with E-state index in [1.807, 2.05) is 24.3 Å². The van der Waals surface area contributed by atoms with Crippen LogP contribution in [0.1, 0.15) is 42.1 Å². The van der Waals surface area contributed by atoms with Crippen LogP contribution in [0.3, 0.4) is 0 Å². The summed E-state index contributed by atoms with van der Waals surface area (Å²) in [6, 6.07) is 12.6. The van der Waals surface area contributed by atoms with Gasteiger partial charge in [0.15, 0.2) is 5.75 Å². The Balaban J connectivity index is 2.38. The molecule has 2 aromatic carbocycles. The first-order chi connectivity index (χ1) is 10.0. The monoisotopic (exact) mass is 284 g/mol. The Morgan fingerprint density at radius 1 is 1.19 bits per heavy atom. The number of hydrogen-bond acceptors (Lipinski definition) is 3. The molecule has 0 aliphatic rings. The van der Waals surface area contributed by atoms with E-state index in [9.17, 15) is 4.79 Å². The number of amides is 1. The average molecular weight is 284 g/mol. The highest BCUT2D eigenvalue weighted by Gasteiger charge is 2.12. The molecule has 110 valence electrons. The second kappa shape index (κ2) is 6.31. The molecule has 1 unspecified atom stereocenters. The fourth-order valence-electron chi connectivity index (χ4n) is 2.09. The van der Waals surface area contributed by atoms with Crippen LogP contribution in [0.2, 0.25) is 0 Å². The third-order valence-electron chi connectivity index (χ3n) is 3.58. The number of nitrogen functional groups attached to an aromatic ring is 1. The SMILES string of the molecule is CCC(C)c1ccccc1Oc1cc(C(N)=O)ccc1N. The lowest BCUT2D eigenvalue weighted by Gasteiger charge is -2.16. The predicted octanol–water partition coefficient (Wildman–Crippen LogP) is 3.67. The molecule has 0 saturated heterocycles. The van der Waals surface area contributed by atoms with Gasteiger partial charge in [0.05, 0.1) is 5.69 Å². The molecule has 2 rings (SSSR count). The van der Waals surface area contributed by atoms with Gasteiger partial charge in [-0.1, -0.05) is 32.0 Å². The van der Waals surface area contributed by atoms with Gasteiger partial charge in [0.25, 0.3) is 0 Å². The molecule has 4 heteroatoms. The smallest absolute Gasteiger partial charge is 0.248 e. The van der Waals surface area contributed by atoms with Crippen LogP contribution in [0.25, 0.3) is 0 Å². The Hall–Kier alpha value is -2.49. The van der Waals surface area contributed by atoms with Crippen LogP contribution in [-0.4, -0.2) is 5.91 Å². The molecular weight excluding hydrogens is 264 g/mol. The summed E-state index contributed by atoms with van der Waals surface area (Å²) in [7, 11) is 0. The lowest BCUT2D eigenvalue weighted by Crippen LogP contribution is -2.11. The largest absolute Gasteiger partial charge is 0.455 e. The van der Waals surface area contributed by atoms with E-state index in [-0.39, 0.29) is 0 Å². The number of carbonyl (C=O) groups excluding carboxylic acids is 1. The van der Waals surface area contributed by atoms with Crippen molar-refractivity contribution >= 4 is 11.6 Å². The summed E-state index contributed by atoms with van der Waals surface area (Å²) in [4.78, 5) is 11.3. The van der Waals surface area contributed by atoms with E-state index in [0.29, 0.717) is 22.9 Å². The number of nitrogens with two attached hydrogens (primary N) is 2. The van der Waals surface area contributed by atoms with Crippen molar-refractivity contribution in [2.24, 2.45) is 5.73 Å². The van der Waals surface area contributed by atoms with Gasteiger partial charge in [-0.3, -0.25) is 4.79 Å². The van der Waals surface area contributed by atoms with E-state index in [2.05, 4.69) is 13.8 Å². The summed E-state index contributed by atoms with van der Waals surface area (Å²) in [6.45, 7) is 4.27. The van der Waals surface area contributed by atoms with Crippen LogP contribution in [0.5, 0.6) is 11.5 Å². The highest BCUT2D eigenvalue weighted by atomic mass is 16.5. The zero-order valence-electron chi connectivity index (χ0n) is 12.3. The molecule has 0 bridgehead atoms. The molecule has 0 radical (unpaired) electrons. The van der Waals surface area contributed by atoms with E-state index < -0.39 is 5.91 Å². The van der Waals surface area contributed by atoms with Crippen LogP contribution >= 0.6 is 0 Å². The van der Waals surface area contributed by atoms with Crippen LogP contribution in [0, 0.1) is 0 Å². The molecule has 2 aromatic rings. The number of ether oxygens (including phenoxy) is 1. The average Bonchev–Trinajstić information content (AvgIpc) is 2.49. The third-order valence-corrected chi connectivity index (χ3v) is 3.58. The third kappa shape index (κ3) is 3.34. The van der Waals surface area contributed by atoms with Gasteiger partial charge >= 0.3 is 0 Å². The van der Waals surface area contributed by atoms with E-state index in [1.165, 1.54) is 0 Å². The number of hydrogen-bond donors (Lipinski definition) is 2. The van der Waals surface area contributed by atoms with Crippen molar-refractivity contribution in [1.29, 1.82) is 0 Å². The molecule has 1 atom stereocenters. The first-order valence-corrected chi connectivity index (χ1v) is 6.99. The molecule has 4 nitrogen and oxygen atoms in total. The second-order valence-electron chi connectivity index (χ2n) is 5.07.